The second-order valence-corrected chi connectivity index (χ2v) is 8.05. The Hall–Kier alpha value is -1.83. The molecule has 7 nitrogen and oxygen atoms in total. The molecular weight excluding hydrogens is 366 g/mol. The van der Waals surface area contributed by atoms with Gasteiger partial charge in [0.2, 0.25) is 11.8 Å². The Balaban J connectivity index is 1.23. The number of piperidine rings is 1. The van der Waals surface area contributed by atoms with Gasteiger partial charge in [0.25, 0.3) is 0 Å². The number of anilines is 1. The molecule has 146 valence electrons. The molecule has 0 radical (unpaired) electrons. The van der Waals surface area contributed by atoms with Gasteiger partial charge in [-0.2, -0.15) is 0 Å². The molecule has 0 spiro atoms. The van der Waals surface area contributed by atoms with E-state index in [-0.39, 0.29) is 30.1 Å². The molecule has 2 amide bonds. The third kappa shape index (κ3) is 4.72. The van der Waals surface area contributed by atoms with Crippen molar-refractivity contribution in [1.29, 1.82) is 0 Å². The monoisotopic (exact) mass is 391 g/mol. The Morgan fingerprint density at radius 3 is 2.74 bits per heavy atom. The number of hydrogen-bond acceptors (Lipinski definition) is 5. The first-order valence-corrected chi connectivity index (χ1v) is 10.1. The molecule has 3 atom stereocenters. The molecule has 8 heteroatoms. The van der Waals surface area contributed by atoms with Crippen molar-refractivity contribution in [3.05, 3.63) is 29.3 Å². The highest BCUT2D eigenvalue weighted by molar-refractivity contribution is 6.30. The van der Waals surface area contributed by atoms with Crippen LogP contribution in [0.2, 0.25) is 5.02 Å². The van der Waals surface area contributed by atoms with Gasteiger partial charge >= 0.3 is 0 Å². The SMILES string of the molecule is O=C(NC1CCC(Nc2cccc(Cl)c2)CN1)C1CCC(=O)N(C2CC2)N1. The minimum atomic E-state index is -0.326. The van der Waals surface area contributed by atoms with Crippen LogP contribution in [-0.4, -0.2) is 47.7 Å². The van der Waals surface area contributed by atoms with Gasteiger partial charge in [-0.15, -0.1) is 0 Å². The van der Waals surface area contributed by atoms with Crippen LogP contribution in [0.15, 0.2) is 24.3 Å². The lowest BCUT2D eigenvalue weighted by Crippen LogP contribution is -2.61. The average molecular weight is 392 g/mol. The largest absolute Gasteiger partial charge is 0.381 e. The zero-order valence-corrected chi connectivity index (χ0v) is 16.0. The maximum Gasteiger partial charge on any atom is 0.240 e. The van der Waals surface area contributed by atoms with E-state index in [1.165, 1.54) is 0 Å². The van der Waals surface area contributed by atoms with E-state index in [1.807, 2.05) is 24.3 Å². The van der Waals surface area contributed by atoms with Crippen LogP contribution in [0.4, 0.5) is 5.69 Å². The van der Waals surface area contributed by atoms with Gasteiger partial charge in [0.05, 0.1) is 6.17 Å². The van der Waals surface area contributed by atoms with E-state index < -0.39 is 0 Å². The summed E-state index contributed by atoms with van der Waals surface area (Å²) in [6.07, 6.45) is 4.81. The summed E-state index contributed by atoms with van der Waals surface area (Å²) in [5, 5.41) is 12.3. The fraction of sp³-hybridized carbons (Fsp3) is 0.579. The number of rotatable bonds is 5. The molecule has 1 aliphatic carbocycles. The highest BCUT2D eigenvalue weighted by atomic mass is 35.5. The van der Waals surface area contributed by atoms with Crippen LogP contribution in [0.3, 0.4) is 0 Å². The highest BCUT2D eigenvalue weighted by Gasteiger charge is 2.39. The molecule has 27 heavy (non-hydrogen) atoms. The first-order valence-electron chi connectivity index (χ1n) is 9.72. The quantitative estimate of drug-likeness (QED) is 0.612. The fourth-order valence-electron chi connectivity index (χ4n) is 3.71. The van der Waals surface area contributed by atoms with Crippen LogP contribution in [0.25, 0.3) is 0 Å². The van der Waals surface area contributed by atoms with Crippen molar-refractivity contribution in [1.82, 2.24) is 21.1 Å². The van der Waals surface area contributed by atoms with Gasteiger partial charge in [0.1, 0.15) is 6.04 Å². The molecule has 3 fully saturated rings. The normalized spacial score (nSPS) is 28.7. The number of amides is 2. The molecule has 1 aromatic carbocycles. The van der Waals surface area contributed by atoms with Crippen molar-refractivity contribution in [3.8, 4) is 0 Å². The topological polar surface area (TPSA) is 85.5 Å². The van der Waals surface area contributed by atoms with Crippen LogP contribution in [-0.2, 0) is 9.59 Å². The summed E-state index contributed by atoms with van der Waals surface area (Å²) in [6, 6.07) is 7.95. The summed E-state index contributed by atoms with van der Waals surface area (Å²) < 4.78 is 0. The van der Waals surface area contributed by atoms with Gasteiger partial charge in [-0.1, -0.05) is 17.7 Å². The van der Waals surface area contributed by atoms with E-state index in [0.29, 0.717) is 23.9 Å². The Morgan fingerprint density at radius 1 is 1.19 bits per heavy atom. The van der Waals surface area contributed by atoms with E-state index >= 15 is 0 Å². The van der Waals surface area contributed by atoms with E-state index in [4.69, 9.17) is 11.6 Å². The number of carbonyl (C=O) groups is 2. The second kappa shape index (κ2) is 8.04. The van der Waals surface area contributed by atoms with E-state index in [2.05, 4.69) is 21.4 Å². The molecular formula is C19H26ClN5O2. The van der Waals surface area contributed by atoms with Crippen LogP contribution in [0.1, 0.15) is 38.5 Å². The molecule has 0 aromatic heterocycles. The zero-order chi connectivity index (χ0) is 18.8. The summed E-state index contributed by atoms with van der Waals surface area (Å²) in [6.45, 7) is 0.766. The van der Waals surface area contributed by atoms with Gasteiger partial charge in [-0.3, -0.25) is 19.9 Å². The molecule has 0 bridgehead atoms. The number of hydrogen-bond donors (Lipinski definition) is 4. The number of nitrogens with zero attached hydrogens (tertiary/aromatic N) is 1. The fourth-order valence-corrected chi connectivity index (χ4v) is 3.90. The Morgan fingerprint density at radius 2 is 2.04 bits per heavy atom. The third-order valence-electron chi connectivity index (χ3n) is 5.37. The number of hydrazine groups is 1. The molecule has 3 unspecified atom stereocenters. The average Bonchev–Trinajstić information content (AvgIpc) is 3.49. The molecule has 4 rings (SSSR count). The molecule has 2 heterocycles. The van der Waals surface area contributed by atoms with Crippen molar-refractivity contribution >= 4 is 29.1 Å². The molecule has 4 N–H and O–H groups in total. The third-order valence-corrected chi connectivity index (χ3v) is 5.60. The summed E-state index contributed by atoms with van der Waals surface area (Å²) in [5.41, 5.74) is 4.13. The first-order chi connectivity index (χ1) is 13.1. The molecule has 2 aliphatic heterocycles. The van der Waals surface area contributed by atoms with Gasteiger partial charge in [-0.25, -0.2) is 5.43 Å². The van der Waals surface area contributed by atoms with E-state index in [1.54, 1.807) is 5.01 Å². The van der Waals surface area contributed by atoms with Gasteiger partial charge < -0.3 is 10.6 Å². The zero-order valence-electron chi connectivity index (χ0n) is 15.2. The maximum absolute atomic E-state index is 12.6. The Bertz CT molecular complexity index is 703. The molecule has 2 saturated heterocycles. The first kappa shape index (κ1) is 18.5. The lowest BCUT2D eigenvalue weighted by atomic mass is 10.0. The van der Waals surface area contributed by atoms with Crippen LogP contribution >= 0.6 is 11.6 Å². The van der Waals surface area contributed by atoms with Gasteiger partial charge in [-0.05, 0) is 50.3 Å². The summed E-state index contributed by atoms with van der Waals surface area (Å²) in [5.74, 6) is 0.0687. The predicted molar refractivity (Wildman–Crippen MR) is 104 cm³/mol. The summed E-state index contributed by atoms with van der Waals surface area (Å²) in [7, 11) is 0. The van der Waals surface area contributed by atoms with Gasteiger partial charge in [0, 0.05) is 35.8 Å². The van der Waals surface area contributed by atoms with Gasteiger partial charge in [0.15, 0.2) is 0 Å². The van der Waals surface area contributed by atoms with Crippen LogP contribution in [0.5, 0.6) is 0 Å². The lowest BCUT2D eigenvalue weighted by molar-refractivity contribution is -0.142. The van der Waals surface area contributed by atoms with Crippen molar-refractivity contribution < 1.29 is 9.59 Å². The Kier molecular flexibility index (Phi) is 5.52. The summed E-state index contributed by atoms with van der Waals surface area (Å²) >= 11 is 6.03. The van der Waals surface area contributed by atoms with Crippen molar-refractivity contribution in [2.45, 2.75) is 62.8 Å². The van der Waals surface area contributed by atoms with Crippen LogP contribution in [0, 0.1) is 0 Å². The van der Waals surface area contributed by atoms with Crippen molar-refractivity contribution in [2.75, 3.05) is 11.9 Å². The minimum absolute atomic E-state index is 0.0353. The highest BCUT2D eigenvalue weighted by Crippen LogP contribution is 2.28. The van der Waals surface area contributed by atoms with E-state index in [9.17, 15) is 9.59 Å². The number of benzene rings is 1. The smallest absolute Gasteiger partial charge is 0.240 e. The van der Waals surface area contributed by atoms with E-state index in [0.717, 1.165) is 37.9 Å². The molecule has 3 aliphatic rings. The van der Waals surface area contributed by atoms with Crippen molar-refractivity contribution in [2.24, 2.45) is 0 Å². The minimum Gasteiger partial charge on any atom is -0.381 e. The summed E-state index contributed by atoms with van der Waals surface area (Å²) in [4.78, 5) is 24.5. The second-order valence-electron chi connectivity index (χ2n) is 7.61. The number of halogens is 1. The standard InChI is InChI=1S/C19H26ClN5O2/c20-12-2-1-3-13(10-12)22-14-4-8-17(21-11-14)23-19(27)16-7-9-18(26)25(24-16)15-5-6-15/h1-3,10,14-17,21-22,24H,4-9,11H2,(H,23,27). The number of carbonyl (C=O) groups excluding carboxylic acids is 2. The van der Waals surface area contributed by atoms with Crippen molar-refractivity contribution in [3.63, 3.8) is 0 Å². The predicted octanol–water partition coefficient (Wildman–Crippen LogP) is 1.60. The molecule has 1 saturated carbocycles. The molecule has 1 aromatic rings. The number of nitrogens with one attached hydrogen (secondary N) is 4. The Labute approximate surface area is 164 Å². The lowest BCUT2D eigenvalue weighted by Gasteiger charge is -2.35. The maximum atomic E-state index is 12.6. The van der Waals surface area contributed by atoms with Crippen LogP contribution < -0.4 is 21.4 Å².